The Balaban J connectivity index is 1.81. The predicted molar refractivity (Wildman–Crippen MR) is 110 cm³/mol. The van der Waals surface area contributed by atoms with E-state index in [-0.39, 0.29) is 29.7 Å². The molecule has 32 heavy (non-hydrogen) atoms. The second kappa shape index (κ2) is 9.13. The Hall–Kier alpha value is -2.56. The number of carbonyl (C=O) groups is 2. The Labute approximate surface area is 184 Å². The number of amides is 2. The fourth-order valence-corrected chi connectivity index (χ4v) is 3.57. The van der Waals surface area contributed by atoms with Crippen molar-refractivity contribution in [3.8, 4) is 5.88 Å². The molecule has 1 aromatic rings. The highest BCUT2D eigenvalue weighted by Crippen LogP contribution is 2.41. The summed E-state index contributed by atoms with van der Waals surface area (Å²) in [6, 6.07) is 1.93. The summed E-state index contributed by atoms with van der Waals surface area (Å²) in [5, 5.41) is 12.6. The van der Waals surface area contributed by atoms with Crippen molar-refractivity contribution in [3.63, 3.8) is 0 Å². The fraction of sp³-hybridized carbons (Fsp3) is 0.667. The molecule has 1 aliphatic heterocycles. The zero-order valence-corrected chi connectivity index (χ0v) is 18.1. The number of pyridine rings is 1. The van der Waals surface area contributed by atoms with Gasteiger partial charge in [-0.3, -0.25) is 9.59 Å². The molecule has 2 amide bonds. The number of anilines is 1. The summed E-state index contributed by atoms with van der Waals surface area (Å²) in [6.45, 7) is 3.41. The van der Waals surface area contributed by atoms with Gasteiger partial charge in [0.25, 0.3) is 5.91 Å². The molecule has 0 spiro atoms. The Kier molecular flexibility index (Phi) is 6.87. The van der Waals surface area contributed by atoms with E-state index in [1.165, 1.54) is 17.0 Å². The minimum Gasteiger partial charge on any atom is -0.476 e. The van der Waals surface area contributed by atoms with Gasteiger partial charge < -0.3 is 25.8 Å². The summed E-state index contributed by atoms with van der Waals surface area (Å²) in [5.41, 5.74) is 2.79. The van der Waals surface area contributed by atoms with E-state index in [0.29, 0.717) is 18.9 Å². The number of aromatic nitrogens is 1. The Morgan fingerprint density at radius 3 is 2.59 bits per heavy atom. The van der Waals surface area contributed by atoms with Crippen LogP contribution in [0.25, 0.3) is 0 Å². The zero-order valence-electron chi connectivity index (χ0n) is 18.1. The molecule has 1 saturated heterocycles. The van der Waals surface area contributed by atoms with Crippen LogP contribution in [-0.4, -0.2) is 59.4 Å². The molecule has 1 unspecified atom stereocenters. The molecule has 3 rings (SSSR count). The topological polar surface area (TPSA) is 118 Å². The Morgan fingerprint density at radius 2 is 2.06 bits per heavy atom. The minimum atomic E-state index is -4.76. The SMILES string of the molecule is CC(C)C[C@H](NC(=O)c1ccc(N2CCC(O)(C(F)(F)F)C2)c(OCC2CC2)n1)C(N)=O. The zero-order chi connectivity index (χ0) is 23.7. The number of β-amino-alcohol motifs (C(OH)–C–C–N with tert-alkyl or cyclic N) is 1. The highest BCUT2D eigenvalue weighted by atomic mass is 19.4. The van der Waals surface area contributed by atoms with Crippen molar-refractivity contribution in [1.29, 1.82) is 0 Å². The molecule has 11 heteroatoms. The molecule has 4 N–H and O–H groups in total. The third-order valence-corrected chi connectivity index (χ3v) is 5.70. The first-order valence-corrected chi connectivity index (χ1v) is 10.7. The second-order valence-electron chi connectivity index (χ2n) is 9.03. The van der Waals surface area contributed by atoms with E-state index >= 15 is 0 Å². The number of primary amides is 1. The van der Waals surface area contributed by atoms with Crippen molar-refractivity contribution in [2.45, 2.75) is 57.3 Å². The molecule has 2 heterocycles. The van der Waals surface area contributed by atoms with Gasteiger partial charge in [0.1, 0.15) is 17.4 Å². The number of hydrogen-bond acceptors (Lipinski definition) is 6. The van der Waals surface area contributed by atoms with Crippen LogP contribution in [0.2, 0.25) is 0 Å². The number of nitrogens with zero attached hydrogens (tertiary/aromatic N) is 2. The lowest BCUT2D eigenvalue weighted by Crippen LogP contribution is -2.47. The Morgan fingerprint density at radius 1 is 1.38 bits per heavy atom. The van der Waals surface area contributed by atoms with E-state index in [0.717, 1.165) is 12.8 Å². The molecule has 178 valence electrons. The molecule has 0 aromatic carbocycles. The van der Waals surface area contributed by atoms with Crippen molar-refractivity contribution in [2.24, 2.45) is 17.6 Å². The van der Waals surface area contributed by atoms with Crippen LogP contribution in [-0.2, 0) is 4.79 Å². The van der Waals surface area contributed by atoms with Crippen LogP contribution in [0.15, 0.2) is 12.1 Å². The predicted octanol–water partition coefficient (Wildman–Crippen LogP) is 2.00. The monoisotopic (exact) mass is 458 g/mol. The van der Waals surface area contributed by atoms with E-state index < -0.39 is 42.6 Å². The van der Waals surface area contributed by atoms with Crippen LogP contribution in [0.3, 0.4) is 0 Å². The number of nitrogens with two attached hydrogens (primary N) is 1. The van der Waals surface area contributed by atoms with Gasteiger partial charge in [-0.05, 0) is 43.2 Å². The molecule has 1 aliphatic carbocycles. The van der Waals surface area contributed by atoms with Gasteiger partial charge >= 0.3 is 6.18 Å². The van der Waals surface area contributed by atoms with E-state index in [1.54, 1.807) is 0 Å². The number of ether oxygens (including phenoxy) is 1. The normalized spacial score (nSPS) is 22.2. The van der Waals surface area contributed by atoms with Crippen LogP contribution in [0.4, 0.5) is 18.9 Å². The molecule has 2 fully saturated rings. The van der Waals surface area contributed by atoms with Crippen molar-refractivity contribution in [3.05, 3.63) is 17.8 Å². The lowest BCUT2D eigenvalue weighted by molar-refractivity contribution is -0.250. The van der Waals surface area contributed by atoms with Crippen molar-refractivity contribution in [1.82, 2.24) is 10.3 Å². The van der Waals surface area contributed by atoms with Crippen LogP contribution in [0.1, 0.15) is 50.0 Å². The van der Waals surface area contributed by atoms with E-state index in [4.69, 9.17) is 10.5 Å². The number of rotatable bonds is 9. The van der Waals surface area contributed by atoms with Gasteiger partial charge in [0.2, 0.25) is 11.8 Å². The van der Waals surface area contributed by atoms with E-state index in [2.05, 4.69) is 10.3 Å². The highest BCUT2D eigenvalue weighted by molar-refractivity contribution is 5.96. The van der Waals surface area contributed by atoms with Crippen LogP contribution in [0, 0.1) is 11.8 Å². The summed E-state index contributed by atoms with van der Waals surface area (Å²) in [6.07, 6.45) is -2.90. The van der Waals surface area contributed by atoms with E-state index in [1.807, 2.05) is 13.8 Å². The number of nitrogens with one attached hydrogen (secondary N) is 1. The first-order chi connectivity index (χ1) is 14.9. The summed E-state index contributed by atoms with van der Waals surface area (Å²) >= 11 is 0. The molecule has 1 aromatic heterocycles. The maximum absolute atomic E-state index is 13.2. The molecule has 1 saturated carbocycles. The van der Waals surface area contributed by atoms with Crippen LogP contribution < -0.4 is 20.7 Å². The van der Waals surface area contributed by atoms with Gasteiger partial charge in [0.05, 0.1) is 13.2 Å². The summed E-state index contributed by atoms with van der Waals surface area (Å²) in [4.78, 5) is 29.9. The number of halogens is 3. The molecule has 0 bridgehead atoms. The van der Waals surface area contributed by atoms with Gasteiger partial charge in [-0.15, -0.1) is 0 Å². The quantitative estimate of drug-likeness (QED) is 0.521. The highest BCUT2D eigenvalue weighted by Gasteiger charge is 2.57. The largest absolute Gasteiger partial charge is 0.476 e. The van der Waals surface area contributed by atoms with E-state index in [9.17, 15) is 27.9 Å². The lowest BCUT2D eigenvalue weighted by atomic mass is 10.0. The number of aliphatic hydroxyl groups is 1. The second-order valence-corrected chi connectivity index (χ2v) is 9.03. The van der Waals surface area contributed by atoms with Crippen molar-refractivity contribution >= 4 is 17.5 Å². The van der Waals surface area contributed by atoms with Crippen LogP contribution in [0.5, 0.6) is 5.88 Å². The van der Waals surface area contributed by atoms with Crippen molar-refractivity contribution in [2.75, 3.05) is 24.6 Å². The maximum atomic E-state index is 13.2. The first-order valence-electron chi connectivity index (χ1n) is 10.7. The Bertz CT molecular complexity index is 860. The fourth-order valence-electron chi connectivity index (χ4n) is 3.57. The molecule has 0 radical (unpaired) electrons. The molecular weight excluding hydrogens is 429 g/mol. The molecule has 8 nitrogen and oxygen atoms in total. The average Bonchev–Trinajstić information content (AvgIpc) is 3.44. The summed E-state index contributed by atoms with van der Waals surface area (Å²) < 4.78 is 45.4. The van der Waals surface area contributed by atoms with Gasteiger partial charge in [-0.1, -0.05) is 13.8 Å². The standard InChI is InChI=1S/C21H29F3N4O4/c1-12(2)9-15(17(25)29)26-18(30)14-5-6-16(19(27-14)32-10-13-3-4-13)28-8-7-20(31,11-28)21(22,23)24/h5-6,12-13,15,31H,3-4,7-11H2,1-2H3,(H2,25,29)(H,26,30)/t15-,20?/m0/s1. The van der Waals surface area contributed by atoms with Gasteiger partial charge in [0.15, 0.2) is 5.60 Å². The van der Waals surface area contributed by atoms with Gasteiger partial charge in [-0.2, -0.15) is 13.2 Å². The van der Waals surface area contributed by atoms with Gasteiger partial charge in [-0.25, -0.2) is 4.98 Å². The summed E-state index contributed by atoms with van der Waals surface area (Å²) in [7, 11) is 0. The third-order valence-electron chi connectivity index (χ3n) is 5.70. The minimum absolute atomic E-state index is 0.0236. The van der Waals surface area contributed by atoms with Crippen molar-refractivity contribution < 1.29 is 32.6 Å². The third kappa shape index (κ3) is 5.62. The molecule has 2 atom stereocenters. The first kappa shape index (κ1) is 24.1. The van der Waals surface area contributed by atoms with Gasteiger partial charge in [0, 0.05) is 13.0 Å². The molecule has 2 aliphatic rings. The smallest absolute Gasteiger partial charge is 0.418 e. The average molecular weight is 458 g/mol. The number of alkyl halides is 3. The lowest BCUT2D eigenvalue weighted by Gasteiger charge is -2.27. The number of hydrogen-bond donors (Lipinski definition) is 3. The molecular formula is C21H29F3N4O4. The summed E-state index contributed by atoms with van der Waals surface area (Å²) in [5.74, 6) is -0.820. The van der Waals surface area contributed by atoms with Crippen LogP contribution >= 0.6 is 0 Å². The maximum Gasteiger partial charge on any atom is 0.418 e. The number of carbonyl (C=O) groups excluding carboxylic acids is 2.